The molecule has 2 N–H and O–H groups in total. The first kappa shape index (κ1) is 27.2. The molecule has 0 bridgehead atoms. The Morgan fingerprint density at radius 2 is 1.78 bits per heavy atom. The summed E-state index contributed by atoms with van der Waals surface area (Å²) in [5, 5.41) is 0.134. The molecule has 6 nitrogen and oxygen atoms in total. The fourth-order valence-corrected chi connectivity index (χ4v) is 4.18. The number of hydrogen-bond acceptors (Lipinski definition) is 6. The van der Waals surface area contributed by atoms with Gasteiger partial charge in [-0.2, -0.15) is 0 Å². The number of rotatable bonds is 11. The van der Waals surface area contributed by atoms with Crippen LogP contribution in [0.2, 0.25) is 18.1 Å². The summed E-state index contributed by atoms with van der Waals surface area (Å²) in [6, 6.07) is 9.69. The Labute approximate surface area is 195 Å². The Bertz CT molecular complexity index is 717. The van der Waals surface area contributed by atoms with Crippen molar-refractivity contribution in [1.29, 1.82) is 0 Å². The minimum Gasteiger partial charge on any atom is -0.414 e. The largest absolute Gasteiger partial charge is 0.414 e. The lowest BCUT2D eigenvalue weighted by Crippen LogP contribution is -2.47. The minimum absolute atomic E-state index is 0.130. The smallest absolute Gasteiger partial charge is 0.192 e. The Morgan fingerprint density at radius 1 is 1.12 bits per heavy atom. The van der Waals surface area contributed by atoms with Crippen LogP contribution in [0.25, 0.3) is 0 Å². The van der Waals surface area contributed by atoms with E-state index in [1.807, 2.05) is 63.3 Å². The van der Waals surface area contributed by atoms with Gasteiger partial charge in [-0.15, -0.1) is 0 Å². The molecule has 182 valence electrons. The van der Waals surface area contributed by atoms with E-state index in [0.717, 1.165) is 5.56 Å². The molecule has 1 heterocycles. The van der Waals surface area contributed by atoms with Crippen LogP contribution in [0.15, 0.2) is 42.5 Å². The Balaban J connectivity index is 1.84. The highest BCUT2D eigenvalue weighted by Gasteiger charge is 2.45. The van der Waals surface area contributed by atoms with Crippen molar-refractivity contribution in [2.45, 2.75) is 96.4 Å². The van der Waals surface area contributed by atoms with Crippen molar-refractivity contribution in [2.75, 3.05) is 13.4 Å². The highest BCUT2D eigenvalue weighted by atomic mass is 28.4. The maximum absolute atomic E-state index is 6.47. The van der Waals surface area contributed by atoms with Crippen LogP contribution < -0.4 is 5.73 Å². The molecule has 7 heteroatoms. The van der Waals surface area contributed by atoms with E-state index in [1.54, 1.807) is 0 Å². The maximum atomic E-state index is 6.47. The number of benzene rings is 1. The van der Waals surface area contributed by atoms with Gasteiger partial charge in [-0.25, -0.2) is 0 Å². The van der Waals surface area contributed by atoms with Crippen molar-refractivity contribution >= 4 is 8.32 Å². The number of nitrogens with two attached hydrogens (primary N) is 1. The van der Waals surface area contributed by atoms with Crippen LogP contribution in [-0.4, -0.2) is 51.9 Å². The summed E-state index contributed by atoms with van der Waals surface area (Å²) in [5.74, 6) is -0.690. The van der Waals surface area contributed by atoms with Crippen molar-refractivity contribution in [3.63, 3.8) is 0 Å². The summed E-state index contributed by atoms with van der Waals surface area (Å²) in [5.41, 5.74) is 7.59. The van der Waals surface area contributed by atoms with Crippen molar-refractivity contribution in [3.8, 4) is 0 Å². The molecule has 1 aromatic carbocycles. The average Bonchev–Trinajstić information content (AvgIpc) is 3.02. The standard InChI is InChI=1S/C25H43NO5Si/c1-19(28-18-27-16-20-12-10-9-11-13-20)14-15-21(26)23-22(30-25(5,6)31-23)17-29-32(7,8)24(2,3)4/h9-15,19,21-23H,16-18,26H2,1-8H3/b15-14+/t19-,21-,22+,23+/m1/s1. The van der Waals surface area contributed by atoms with Crippen LogP contribution >= 0.6 is 0 Å². The molecule has 0 radical (unpaired) electrons. The molecule has 0 saturated carbocycles. The van der Waals surface area contributed by atoms with Crippen molar-refractivity contribution in [3.05, 3.63) is 48.0 Å². The first-order chi connectivity index (χ1) is 14.8. The van der Waals surface area contributed by atoms with Crippen LogP contribution in [0.4, 0.5) is 0 Å². The summed E-state index contributed by atoms with van der Waals surface area (Å²) in [6.07, 6.45) is 3.24. The molecular formula is C25H43NO5Si. The van der Waals surface area contributed by atoms with Crippen LogP contribution in [0, 0.1) is 0 Å². The summed E-state index contributed by atoms with van der Waals surface area (Å²) in [6.45, 7) is 18.2. The molecule has 0 amide bonds. The van der Waals surface area contributed by atoms with E-state index in [1.165, 1.54) is 0 Å². The quantitative estimate of drug-likeness (QED) is 0.215. The van der Waals surface area contributed by atoms with Gasteiger partial charge in [0.2, 0.25) is 0 Å². The molecule has 1 aliphatic rings. The monoisotopic (exact) mass is 465 g/mol. The van der Waals surface area contributed by atoms with E-state index in [-0.39, 0.29) is 36.2 Å². The molecule has 0 aliphatic carbocycles. The van der Waals surface area contributed by atoms with Gasteiger partial charge >= 0.3 is 0 Å². The summed E-state index contributed by atoms with van der Waals surface area (Å²) >= 11 is 0. The predicted octanol–water partition coefficient (Wildman–Crippen LogP) is 4.99. The maximum Gasteiger partial charge on any atom is 0.192 e. The van der Waals surface area contributed by atoms with Crippen molar-refractivity contribution < 1.29 is 23.4 Å². The second-order valence-electron chi connectivity index (χ2n) is 10.5. The molecule has 1 saturated heterocycles. The highest BCUT2D eigenvalue weighted by Crippen LogP contribution is 2.38. The average molecular weight is 466 g/mol. The van der Waals surface area contributed by atoms with Crippen LogP contribution in [0.3, 0.4) is 0 Å². The zero-order valence-corrected chi connectivity index (χ0v) is 22.1. The molecule has 4 atom stereocenters. The fourth-order valence-electron chi connectivity index (χ4n) is 3.16. The molecule has 2 rings (SSSR count). The first-order valence-electron chi connectivity index (χ1n) is 11.5. The van der Waals surface area contributed by atoms with Gasteiger partial charge in [0.1, 0.15) is 19.0 Å². The Hall–Kier alpha value is -1.06. The summed E-state index contributed by atoms with van der Waals surface area (Å²) in [4.78, 5) is 0. The predicted molar refractivity (Wildman–Crippen MR) is 131 cm³/mol. The third kappa shape index (κ3) is 8.37. The van der Waals surface area contributed by atoms with E-state index in [0.29, 0.717) is 13.2 Å². The minimum atomic E-state index is -1.89. The molecule has 0 spiro atoms. The number of hydrogen-bond donors (Lipinski definition) is 1. The third-order valence-corrected chi connectivity index (χ3v) is 10.6. The van der Waals surface area contributed by atoms with Gasteiger partial charge in [0.05, 0.1) is 25.4 Å². The molecule has 1 aromatic rings. The lowest BCUT2D eigenvalue weighted by molar-refractivity contribution is -0.149. The van der Waals surface area contributed by atoms with Crippen molar-refractivity contribution in [2.24, 2.45) is 5.73 Å². The topological polar surface area (TPSA) is 72.2 Å². The second-order valence-corrected chi connectivity index (χ2v) is 15.3. The fraction of sp³-hybridized carbons (Fsp3) is 0.680. The Morgan fingerprint density at radius 3 is 2.41 bits per heavy atom. The normalized spacial score (nSPS) is 23.5. The lowest BCUT2D eigenvalue weighted by Gasteiger charge is -2.37. The molecule has 0 aromatic heterocycles. The summed E-state index contributed by atoms with van der Waals surface area (Å²) < 4.78 is 30.0. The van der Waals surface area contributed by atoms with Gasteiger partial charge in [-0.1, -0.05) is 63.3 Å². The van der Waals surface area contributed by atoms with Crippen LogP contribution in [0.5, 0.6) is 0 Å². The lowest BCUT2D eigenvalue weighted by atomic mass is 10.1. The molecule has 1 aliphatic heterocycles. The molecular weight excluding hydrogens is 422 g/mol. The summed E-state index contributed by atoms with van der Waals surface area (Å²) in [7, 11) is -1.89. The van der Waals surface area contributed by atoms with Gasteiger partial charge in [-0.05, 0) is 44.5 Å². The second kappa shape index (κ2) is 11.4. The van der Waals surface area contributed by atoms with E-state index in [9.17, 15) is 0 Å². The third-order valence-electron chi connectivity index (χ3n) is 6.15. The van der Waals surface area contributed by atoms with Crippen LogP contribution in [0.1, 0.15) is 47.1 Å². The zero-order chi connectivity index (χ0) is 24.0. The van der Waals surface area contributed by atoms with E-state index < -0.39 is 14.1 Å². The van der Waals surface area contributed by atoms with Gasteiger partial charge in [0, 0.05) is 0 Å². The van der Waals surface area contributed by atoms with Gasteiger partial charge < -0.3 is 29.1 Å². The SMILES string of the molecule is C[C@H](/C=C/[C@@H](N)[C@@H]1OC(C)(C)O[C@H]1CO[Si](C)(C)C(C)(C)C)OCOCc1ccccc1. The Kier molecular flexibility index (Phi) is 9.67. The van der Waals surface area contributed by atoms with Gasteiger partial charge in [0.15, 0.2) is 14.1 Å². The molecule has 0 unspecified atom stereocenters. The van der Waals surface area contributed by atoms with Gasteiger partial charge in [-0.3, -0.25) is 0 Å². The van der Waals surface area contributed by atoms with E-state index in [4.69, 9.17) is 29.1 Å². The van der Waals surface area contributed by atoms with Crippen molar-refractivity contribution in [1.82, 2.24) is 0 Å². The number of ether oxygens (including phenoxy) is 4. The first-order valence-corrected chi connectivity index (χ1v) is 14.4. The van der Waals surface area contributed by atoms with Crippen LogP contribution in [-0.2, 0) is 30.0 Å². The zero-order valence-electron chi connectivity index (χ0n) is 21.1. The molecule has 32 heavy (non-hydrogen) atoms. The highest BCUT2D eigenvalue weighted by molar-refractivity contribution is 6.74. The molecule has 1 fully saturated rings. The van der Waals surface area contributed by atoms with E-state index in [2.05, 4.69) is 33.9 Å². The van der Waals surface area contributed by atoms with Gasteiger partial charge in [0.25, 0.3) is 0 Å². The van der Waals surface area contributed by atoms with E-state index >= 15 is 0 Å².